The average molecular weight is 400 g/mol. The highest BCUT2D eigenvalue weighted by Crippen LogP contribution is 2.50. The van der Waals surface area contributed by atoms with Crippen LogP contribution >= 0.6 is 11.8 Å². The van der Waals surface area contributed by atoms with Crippen molar-refractivity contribution >= 4 is 40.3 Å². The van der Waals surface area contributed by atoms with E-state index in [0.717, 1.165) is 10.8 Å². The zero-order chi connectivity index (χ0) is 20.2. The summed E-state index contributed by atoms with van der Waals surface area (Å²) in [5.41, 5.74) is 0.365. The van der Waals surface area contributed by atoms with Gasteiger partial charge in [-0.05, 0) is 30.7 Å². The van der Waals surface area contributed by atoms with Gasteiger partial charge in [-0.3, -0.25) is 9.59 Å². The number of β-lactam (4-membered cyclic amide) rings is 1. The molecule has 0 unspecified atom stereocenters. The van der Waals surface area contributed by atoms with Crippen molar-refractivity contribution in [1.29, 1.82) is 0 Å². The molecule has 28 heavy (non-hydrogen) atoms. The highest BCUT2D eigenvalue weighted by Gasteiger charge is 2.64. The summed E-state index contributed by atoms with van der Waals surface area (Å²) in [5.74, 6) is -1.40. The summed E-state index contributed by atoms with van der Waals surface area (Å²) in [4.78, 5) is 38.7. The van der Waals surface area contributed by atoms with Gasteiger partial charge in [0.1, 0.15) is 23.2 Å². The van der Waals surface area contributed by atoms with Gasteiger partial charge in [0, 0.05) is 4.75 Å². The maximum atomic E-state index is 13.1. The molecule has 0 bridgehead atoms. The molecule has 2 heterocycles. The van der Waals surface area contributed by atoms with Gasteiger partial charge in [0.15, 0.2) is 0 Å². The predicted octanol–water partition coefficient (Wildman–Crippen LogP) is 2.09. The van der Waals surface area contributed by atoms with Gasteiger partial charge < -0.3 is 20.1 Å². The van der Waals surface area contributed by atoms with E-state index in [1.165, 1.54) is 23.8 Å². The van der Waals surface area contributed by atoms with Crippen LogP contribution in [0.2, 0.25) is 0 Å². The van der Waals surface area contributed by atoms with Gasteiger partial charge in [0.25, 0.3) is 5.91 Å². The van der Waals surface area contributed by atoms with Crippen molar-refractivity contribution in [2.45, 2.75) is 36.1 Å². The maximum Gasteiger partial charge on any atom is 0.327 e. The molecule has 2 N–H and O–H groups in total. The van der Waals surface area contributed by atoms with Gasteiger partial charge >= 0.3 is 5.97 Å². The number of aliphatic carboxylic acids is 1. The first-order valence-corrected chi connectivity index (χ1v) is 9.73. The quantitative estimate of drug-likeness (QED) is 0.763. The SMILES string of the molecule is COc1ccc2ccccc2c1C(=O)N[C@@H]1C(=O)N2[C@@H]1SC(C)(C)[C@@H]2C(=O)O. The fourth-order valence-electron chi connectivity index (χ4n) is 4.01. The van der Waals surface area contributed by atoms with E-state index in [9.17, 15) is 19.5 Å². The molecule has 2 aliphatic rings. The minimum absolute atomic E-state index is 0.365. The Kier molecular flexibility index (Phi) is 4.26. The van der Waals surface area contributed by atoms with Crippen LogP contribution in [0.4, 0.5) is 0 Å². The predicted molar refractivity (Wildman–Crippen MR) is 105 cm³/mol. The number of carboxylic acids is 1. The molecule has 2 saturated heterocycles. The molecular formula is C20H20N2O5S. The van der Waals surface area contributed by atoms with Gasteiger partial charge in [-0.2, -0.15) is 0 Å². The normalized spacial score (nSPS) is 25.2. The molecule has 0 radical (unpaired) electrons. The molecule has 0 aliphatic carbocycles. The second-order valence-corrected chi connectivity index (χ2v) is 9.18. The van der Waals surface area contributed by atoms with Crippen molar-refractivity contribution in [3.8, 4) is 5.75 Å². The van der Waals surface area contributed by atoms with E-state index < -0.39 is 34.1 Å². The highest BCUT2D eigenvalue weighted by atomic mass is 32.2. The Balaban J connectivity index is 1.64. The van der Waals surface area contributed by atoms with Gasteiger partial charge in [0.05, 0.1) is 12.7 Å². The second-order valence-electron chi connectivity index (χ2n) is 7.41. The Hall–Kier alpha value is -2.74. The number of thioether (sulfide) groups is 1. The number of methoxy groups -OCH3 is 1. The third-order valence-corrected chi connectivity index (χ3v) is 6.87. The smallest absolute Gasteiger partial charge is 0.327 e. The highest BCUT2D eigenvalue weighted by molar-refractivity contribution is 8.01. The van der Waals surface area contributed by atoms with Crippen molar-refractivity contribution < 1.29 is 24.2 Å². The minimum Gasteiger partial charge on any atom is -0.496 e. The first kappa shape index (κ1) is 18.6. The standard InChI is InChI=1S/C20H20N2O5S/c1-20(2)15(19(25)26)22-17(24)14(18(22)28-20)21-16(23)13-11-7-5-4-6-10(11)8-9-12(13)27-3/h4-9,14-15,18H,1-3H3,(H,21,23)(H,25,26)/t14-,15+,18-/m1/s1. The summed E-state index contributed by atoms with van der Waals surface area (Å²) in [7, 11) is 1.49. The van der Waals surface area contributed by atoms with E-state index in [2.05, 4.69) is 5.32 Å². The number of nitrogens with zero attached hydrogens (tertiary/aromatic N) is 1. The molecule has 7 nitrogen and oxygen atoms in total. The number of benzene rings is 2. The van der Waals surface area contributed by atoms with Crippen molar-refractivity contribution in [2.24, 2.45) is 0 Å². The van der Waals surface area contributed by atoms with Crippen molar-refractivity contribution in [2.75, 3.05) is 7.11 Å². The second kappa shape index (κ2) is 6.41. The largest absolute Gasteiger partial charge is 0.496 e. The Morgan fingerprint density at radius 2 is 1.93 bits per heavy atom. The van der Waals surface area contributed by atoms with Crippen LogP contribution in [0.5, 0.6) is 5.75 Å². The van der Waals surface area contributed by atoms with Gasteiger partial charge in [-0.25, -0.2) is 4.79 Å². The monoisotopic (exact) mass is 400 g/mol. The zero-order valence-corrected chi connectivity index (χ0v) is 16.4. The molecule has 0 aromatic heterocycles. The number of amides is 2. The van der Waals surface area contributed by atoms with Crippen LogP contribution in [0.3, 0.4) is 0 Å². The fourth-order valence-corrected chi connectivity index (χ4v) is 5.64. The number of nitrogens with one attached hydrogen (secondary N) is 1. The first-order valence-electron chi connectivity index (χ1n) is 8.85. The Morgan fingerprint density at radius 3 is 2.61 bits per heavy atom. The van der Waals surface area contributed by atoms with Crippen LogP contribution in [0.1, 0.15) is 24.2 Å². The van der Waals surface area contributed by atoms with Crippen LogP contribution in [0.25, 0.3) is 10.8 Å². The number of rotatable bonds is 4. The average Bonchev–Trinajstić information content (AvgIpc) is 2.93. The lowest BCUT2D eigenvalue weighted by molar-refractivity contribution is -0.159. The number of carboxylic acid groups (broad SMARTS) is 1. The van der Waals surface area contributed by atoms with E-state index in [1.54, 1.807) is 19.9 Å². The van der Waals surface area contributed by atoms with Crippen molar-refractivity contribution in [3.63, 3.8) is 0 Å². The van der Waals surface area contributed by atoms with Crippen molar-refractivity contribution in [3.05, 3.63) is 42.0 Å². The Bertz CT molecular complexity index is 1010. The lowest BCUT2D eigenvalue weighted by Gasteiger charge is -2.43. The van der Waals surface area contributed by atoms with Gasteiger partial charge in [-0.1, -0.05) is 30.3 Å². The zero-order valence-electron chi connectivity index (χ0n) is 15.6. The molecule has 0 saturated carbocycles. The molecule has 2 amide bonds. The van der Waals surface area contributed by atoms with Crippen molar-refractivity contribution in [1.82, 2.24) is 10.2 Å². The summed E-state index contributed by atoms with van der Waals surface area (Å²) < 4.78 is 4.73. The molecule has 146 valence electrons. The first-order chi connectivity index (χ1) is 13.3. The van der Waals surface area contributed by atoms with E-state index in [1.807, 2.05) is 30.3 Å². The summed E-state index contributed by atoms with van der Waals surface area (Å²) in [5, 5.41) is 13.5. The lowest BCUT2D eigenvalue weighted by Crippen LogP contribution is -2.70. The number of hydrogen-bond donors (Lipinski definition) is 2. The summed E-state index contributed by atoms with van der Waals surface area (Å²) in [6, 6.07) is 9.37. The number of hydrogen-bond acceptors (Lipinski definition) is 5. The topological polar surface area (TPSA) is 95.9 Å². The number of fused-ring (bicyclic) bond motifs is 2. The number of carbonyl (C=O) groups is 3. The van der Waals surface area contributed by atoms with Crippen LogP contribution < -0.4 is 10.1 Å². The van der Waals surface area contributed by atoms with E-state index in [0.29, 0.717) is 11.3 Å². The van der Waals surface area contributed by atoms with Gasteiger partial charge in [-0.15, -0.1) is 11.8 Å². The minimum atomic E-state index is -1.03. The molecule has 4 rings (SSSR count). The van der Waals surface area contributed by atoms with Crippen LogP contribution in [-0.4, -0.2) is 57.1 Å². The maximum absolute atomic E-state index is 13.1. The van der Waals surface area contributed by atoms with Crippen LogP contribution in [0.15, 0.2) is 36.4 Å². The summed E-state index contributed by atoms with van der Waals surface area (Å²) in [6.45, 7) is 3.60. The lowest BCUT2D eigenvalue weighted by atomic mass is 9.95. The molecular weight excluding hydrogens is 380 g/mol. The number of carbonyl (C=O) groups excluding carboxylic acids is 2. The molecule has 2 aromatic rings. The van der Waals surface area contributed by atoms with Crippen LogP contribution in [0, 0.1) is 0 Å². The molecule has 8 heteroatoms. The fraction of sp³-hybridized carbons (Fsp3) is 0.350. The Labute approximate surface area is 166 Å². The third kappa shape index (κ3) is 2.63. The Morgan fingerprint density at radius 1 is 1.21 bits per heavy atom. The molecule has 0 spiro atoms. The molecule has 3 atom stereocenters. The van der Waals surface area contributed by atoms with E-state index in [4.69, 9.17) is 4.74 Å². The molecule has 2 fully saturated rings. The van der Waals surface area contributed by atoms with E-state index >= 15 is 0 Å². The van der Waals surface area contributed by atoms with E-state index in [-0.39, 0.29) is 5.91 Å². The molecule has 2 aromatic carbocycles. The summed E-state index contributed by atoms with van der Waals surface area (Å²) in [6.07, 6.45) is 0. The number of ether oxygens (including phenoxy) is 1. The third-order valence-electron chi connectivity index (χ3n) is 5.30. The molecule has 2 aliphatic heterocycles. The summed E-state index contributed by atoms with van der Waals surface area (Å²) >= 11 is 1.39. The van der Waals surface area contributed by atoms with Crippen LogP contribution in [-0.2, 0) is 9.59 Å². The van der Waals surface area contributed by atoms with Gasteiger partial charge in [0.2, 0.25) is 5.91 Å².